The zero-order valence-electron chi connectivity index (χ0n) is 13.6. The second kappa shape index (κ2) is 7.48. The first kappa shape index (κ1) is 15.9. The number of rotatable bonds is 7. The van der Waals surface area contributed by atoms with Gasteiger partial charge in [0, 0.05) is 39.1 Å². The molecule has 1 aliphatic rings. The van der Waals surface area contributed by atoms with Crippen molar-refractivity contribution in [2.45, 2.75) is 46.1 Å². The molecule has 0 unspecified atom stereocenters. The SMILES string of the molecule is CN=C(NCCn1ccnc1)NCC1(CC(C)C)CCC1. The number of aromatic nitrogens is 2. The Balaban J connectivity index is 1.72. The van der Waals surface area contributed by atoms with Gasteiger partial charge in [0.15, 0.2) is 5.96 Å². The van der Waals surface area contributed by atoms with Crippen molar-refractivity contribution < 1.29 is 0 Å². The van der Waals surface area contributed by atoms with E-state index in [-0.39, 0.29) is 0 Å². The summed E-state index contributed by atoms with van der Waals surface area (Å²) in [6, 6.07) is 0. The Bertz CT molecular complexity index is 432. The molecule has 0 amide bonds. The third-order valence-electron chi connectivity index (χ3n) is 4.33. The number of hydrogen-bond acceptors (Lipinski definition) is 2. The first-order valence-electron chi connectivity index (χ1n) is 8.04. The molecule has 0 bridgehead atoms. The molecule has 0 aromatic carbocycles. The summed E-state index contributed by atoms with van der Waals surface area (Å²) in [4.78, 5) is 8.36. The van der Waals surface area contributed by atoms with Crippen molar-refractivity contribution in [2.75, 3.05) is 20.1 Å². The fourth-order valence-electron chi connectivity index (χ4n) is 3.21. The molecule has 1 aromatic rings. The summed E-state index contributed by atoms with van der Waals surface area (Å²) in [6.07, 6.45) is 11.0. The highest BCUT2D eigenvalue weighted by Crippen LogP contribution is 2.45. The molecule has 0 aliphatic heterocycles. The first-order valence-corrected chi connectivity index (χ1v) is 8.04. The Morgan fingerprint density at radius 2 is 2.19 bits per heavy atom. The van der Waals surface area contributed by atoms with E-state index in [1.807, 2.05) is 19.6 Å². The maximum Gasteiger partial charge on any atom is 0.191 e. The van der Waals surface area contributed by atoms with Crippen molar-refractivity contribution in [3.8, 4) is 0 Å². The molecule has 1 aromatic heterocycles. The fourth-order valence-corrected chi connectivity index (χ4v) is 3.21. The molecular formula is C16H29N5. The summed E-state index contributed by atoms with van der Waals surface area (Å²) in [5.41, 5.74) is 0.496. The lowest BCUT2D eigenvalue weighted by Crippen LogP contribution is -2.47. The van der Waals surface area contributed by atoms with Gasteiger partial charge in [-0.3, -0.25) is 4.99 Å². The minimum Gasteiger partial charge on any atom is -0.356 e. The monoisotopic (exact) mass is 291 g/mol. The molecule has 5 heteroatoms. The van der Waals surface area contributed by atoms with Crippen molar-refractivity contribution in [3.05, 3.63) is 18.7 Å². The maximum atomic E-state index is 4.32. The summed E-state index contributed by atoms with van der Waals surface area (Å²) in [5, 5.41) is 6.88. The third kappa shape index (κ3) is 4.76. The minimum atomic E-state index is 0.496. The van der Waals surface area contributed by atoms with Gasteiger partial charge in [0.05, 0.1) is 6.33 Å². The lowest BCUT2D eigenvalue weighted by Gasteiger charge is -2.43. The Morgan fingerprint density at radius 1 is 1.38 bits per heavy atom. The van der Waals surface area contributed by atoms with Crippen molar-refractivity contribution >= 4 is 5.96 Å². The van der Waals surface area contributed by atoms with Gasteiger partial charge in [-0.2, -0.15) is 0 Å². The van der Waals surface area contributed by atoms with Crippen LogP contribution in [0.5, 0.6) is 0 Å². The van der Waals surface area contributed by atoms with Crippen LogP contribution in [0.4, 0.5) is 0 Å². The zero-order valence-corrected chi connectivity index (χ0v) is 13.6. The Hall–Kier alpha value is -1.52. The van der Waals surface area contributed by atoms with E-state index in [1.165, 1.54) is 25.7 Å². The molecule has 0 spiro atoms. The molecule has 2 rings (SSSR count). The van der Waals surface area contributed by atoms with E-state index in [1.54, 1.807) is 6.20 Å². The van der Waals surface area contributed by atoms with Gasteiger partial charge in [-0.15, -0.1) is 0 Å². The predicted octanol–water partition coefficient (Wildman–Crippen LogP) is 2.26. The van der Waals surface area contributed by atoms with Crippen molar-refractivity contribution in [1.29, 1.82) is 0 Å². The molecule has 1 fully saturated rings. The van der Waals surface area contributed by atoms with Gasteiger partial charge < -0.3 is 15.2 Å². The van der Waals surface area contributed by atoms with Gasteiger partial charge >= 0.3 is 0 Å². The quantitative estimate of drug-likeness (QED) is 0.598. The summed E-state index contributed by atoms with van der Waals surface area (Å²) >= 11 is 0. The second-order valence-corrected chi connectivity index (χ2v) is 6.60. The zero-order chi connectivity index (χ0) is 15.1. The van der Waals surface area contributed by atoms with Crippen LogP contribution < -0.4 is 10.6 Å². The van der Waals surface area contributed by atoms with E-state index in [0.717, 1.165) is 31.5 Å². The molecule has 1 saturated carbocycles. The van der Waals surface area contributed by atoms with E-state index < -0.39 is 0 Å². The number of aliphatic imine (C=N–C) groups is 1. The molecule has 0 atom stereocenters. The minimum absolute atomic E-state index is 0.496. The molecular weight excluding hydrogens is 262 g/mol. The molecule has 0 saturated heterocycles. The fraction of sp³-hybridized carbons (Fsp3) is 0.750. The number of guanidine groups is 1. The van der Waals surface area contributed by atoms with Crippen LogP contribution in [0.15, 0.2) is 23.7 Å². The molecule has 5 nitrogen and oxygen atoms in total. The molecule has 2 N–H and O–H groups in total. The Labute approximate surface area is 128 Å². The van der Waals surface area contributed by atoms with Gasteiger partial charge in [-0.1, -0.05) is 20.3 Å². The molecule has 118 valence electrons. The van der Waals surface area contributed by atoms with E-state index >= 15 is 0 Å². The summed E-state index contributed by atoms with van der Waals surface area (Å²) in [7, 11) is 1.84. The van der Waals surface area contributed by atoms with Gasteiger partial charge in [0.2, 0.25) is 0 Å². The van der Waals surface area contributed by atoms with E-state index in [9.17, 15) is 0 Å². The van der Waals surface area contributed by atoms with Gasteiger partial charge in [-0.05, 0) is 30.6 Å². The average Bonchev–Trinajstić information content (AvgIpc) is 2.92. The molecule has 1 aliphatic carbocycles. The van der Waals surface area contributed by atoms with Crippen molar-refractivity contribution in [3.63, 3.8) is 0 Å². The van der Waals surface area contributed by atoms with Crippen molar-refractivity contribution in [2.24, 2.45) is 16.3 Å². The van der Waals surface area contributed by atoms with Gasteiger partial charge in [0.1, 0.15) is 0 Å². The molecule has 1 heterocycles. The summed E-state index contributed by atoms with van der Waals surface area (Å²) < 4.78 is 2.06. The number of nitrogens with one attached hydrogen (secondary N) is 2. The number of nitrogens with zero attached hydrogens (tertiary/aromatic N) is 3. The topological polar surface area (TPSA) is 54.2 Å². The van der Waals surface area contributed by atoms with Crippen LogP contribution in [0, 0.1) is 11.3 Å². The normalized spacial score (nSPS) is 17.6. The highest BCUT2D eigenvalue weighted by atomic mass is 15.2. The van der Waals surface area contributed by atoms with Crippen LogP contribution in [0.2, 0.25) is 0 Å². The predicted molar refractivity (Wildman–Crippen MR) is 87.3 cm³/mol. The number of imidazole rings is 1. The standard InChI is InChI=1S/C16H29N5/c1-14(2)11-16(5-4-6-16)12-20-15(17-3)19-8-10-21-9-7-18-13-21/h7,9,13-14H,4-6,8,10-12H2,1-3H3,(H2,17,19,20). The average molecular weight is 291 g/mol. The van der Waals surface area contributed by atoms with E-state index in [0.29, 0.717) is 5.41 Å². The summed E-state index contributed by atoms with van der Waals surface area (Å²) in [6.45, 7) is 7.43. The van der Waals surface area contributed by atoms with Crippen LogP contribution in [-0.2, 0) is 6.54 Å². The van der Waals surface area contributed by atoms with E-state index in [4.69, 9.17) is 0 Å². The van der Waals surface area contributed by atoms with Gasteiger partial charge in [0.25, 0.3) is 0 Å². The third-order valence-corrected chi connectivity index (χ3v) is 4.33. The van der Waals surface area contributed by atoms with Crippen LogP contribution in [0.1, 0.15) is 39.5 Å². The number of hydrogen-bond donors (Lipinski definition) is 2. The largest absolute Gasteiger partial charge is 0.356 e. The van der Waals surface area contributed by atoms with Crippen molar-refractivity contribution in [1.82, 2.24) is 20.2 Å². The summed E-state index contributed by atoms with van der Waals surface area (Å²) in [5.74, 6) is 1.67. The maximum absolute atomic E-state index is 4.32. The van der Waals surface area contributed by atoms with Crippen LogP contribution in [0.3, 0.4) is 0 Å². The van der Waals surface area contributed by atoms with Crippen LogP contribution in [-0.4, -0.2) is 35.6 Å². The lowest BCUT2D eigenvalue weighted by atomic mass is 9.64. The van der Waals surface area contributed by atoms with E-state index in [2.05, 4.69) is 39.0 Å². The molecule has 0 radical (unpaired) electrons. The Kier molecular flexibility index (Phi) is 5.65. The second-order valence-electron chi connectivity index (χ2n) is 6.60. The molecule has 21 heavy (non-hydrogen) atoms. The smallest absolute Gasteiger partial charge is 0.191 e. The highest BCUT2D eigenvalue weighted by Gasteiger charge is 2.37. The van der Waals surface area contributed by atoms with Crippen LogP contribution >= 0.6 is 0 Å². The first-order chi connectivity index (χ1) is 10.1. The lowest BCUT2D eigenvalue weighted by molar-refractivity contribution is 0.104. The Morgan fingerprint density at radius 3 is 2.71 bits per heavy atom. The van der Waals surface area contributed by atoms with Crippen LogP contribution in [0.25, 0.3) is 0 Å². The highest BCUT2D eigenvalue weighted by molar-refractivity contribution is 5.79. The van der Waals surface area contributed by atoms with Gasteiger partial charge in [-0.25, -0.2) is 4.98 Å².